The molecule has 0 nitrogen and oxygen atoms in total. The molecule has 0 aromatic heterocycles. The zero-order valence-corrected chi connectivity index (χ0v) is 20.5. The van der Waals surface area contributed by atoms with Crippen molar-refractivity contribution < 1.29 is 8.78 Å². The van der Waals surface area contributed by atoms with Crippen LogP contribution in [0.5, 0.6) is 0 Å². The van der Waals surface area contributed by atoms with Crippen LogP contribution < -0.4 is 0 Å². The van der Waals surface area contributed by atoms with Crippen LogP contribution in [-0.4, -0.2) is 0 Å². The summed E-state index contributed by atoms with van der Waals surface area (Å²) >= 11 is 0. The number of halogens is 2. The Kier molecular flexibility index (Phi) is 8.61. The summed E-state index contributed by atoms with van der Waals surface area (Å²) in [5, 5.41) is 0. The maximum atomic E-state index is 14.8. The van der Waals surface area contributed by atoms with E-state index in [0.29, 0.717) is 24.0 Å². The Bertz CT molecular complexity index is 848. The lowest BCUT2D eigenvalue weighted by atomic mass is 9.66. The number of aryl methyl sites for hydroxylation is 1. The van der Waals surface area contributed by atoms with Gasteiger partial charge in [-0.25, -0.2) is 8.78 Å². The van der Waals surface area contributed by atoms with E-state index in [1.54, 1.807) is 18.2 Å². The van der Waals surface area contributed by atoms with Gasteiger partial charge >= 0.3 is 0 Å². The molecule has 2 saturated carbocycles. The van der Waals surface area contributed by atoms with Crippen molar-refractivity contribution in [1.82, 2.24) is 0 Å². The molecule has 0 amide bonds. The zero-order valence-electron chi connectivity index (χ0n) is 20.5. The van der Waals surface area contributed by atoms with Crippen LogP contribution in [0.3, 0.4) is 0 Å². The first-order valence-electron chi connectivity index (χ1n) is 13.5. The van der Waals surface area contributed by atoms with Crippen LogP contribution >= 0.6 is 0 Å². The predicted molar refractivity (Wildman–Crippen MR) is 136 cm³/mol. The molecule has 0 heterocycles. The highest BCUT2D eigenvalue weighted by molar-refractivity contribution is 5.67. The van der Waals surface area contributed by atoms with Gasteiger partial charge in [0.15, 0.2) is 11.6 Å². The van der Waals surface area contributed by atoms with Crippen LogP contribution in [-0.2, 0) is 6.42 Å². The van der Waals surface area contributed by atoms with Crippen molar-refractivity contribution in [2.24, 2.45) is 29.6 Å². The molecule has 3 aliphatic carbocycles. The average Bonchev–Trinajstić information content (AvgIpc) is 2.86. The molecular weight excluding hydrogens is 410 g/mol. The third-order valence-electron chi connectivity index (χ3n) is 9.01. The Morgan fingerprint density at radius 3 is 2.06 bits per heavy atom. The highest BCUT2D eigenvalue weighted by atomic mass is 19.2. The van der Waals surface area contributed by atoms with Gasteiger partial charge in [-0.1, -0.05) is 36.4 Å². The lowest BCUT2D eigenvalue weighted by Gasteiger charge is -2.40. The molecule has 33 heavy (non-hydrogen) atoms. The van der Waals surface area contributed by atoms with E-state index in [1.165, 1.54) is 51.4 Å². The molecule has 0 saturated heterocycles. The van der Waals surface area contributed by atoms with E-state index in [4.69, 9.17) is 0 Å². The molecule has 1 aromatic carbocycles. The second kappa shape index (κ2) is 11.6. The molecule has 180 valence electrons. The fraction of sp³-hybridized carbons (Fsp3) is 0.613. The molecule has 0 aliphatic heterocycles. The maximum Gasteiger partial charge on any atom is 0.166 e. The fourth-order valence-electron chi connectivity index (χ4n) is 6.98. The Morgan fingerprint density at radius 2 is 1.48 bits per heavy atom. The maximum absolute atomic E-state index is 14.8. The molecule has 2 heteroatoms. The molecule has 1 atom stereocenters. The van der Waals surface area contributed by atoms with Gasteiger partial charge in [0, 0.05) is 5.56 Å². The summed E-state index contributed by atoms with van der Waals surface area (Å²) in [6.07, 6.45) is 24.0. The van der Waals surface area contributed by atoms with Gasteiger partial charge in [0.2, 0.25) is 0 Å². The minimum absolute atomic E-state index is 0.456. The summed E-state index contributed by atoms with van der Waals surface area (Å²) in [5.41, 5.74) is 1.94. The van der Waals surface area contributed by atoms with Crippen molar-refractivity contribution in [3.05, 3.63) is 65.8 Å². The van der Waals surface area contributed by atoms with E-state index in [9.17, 15) is 8.78 Å². The first-order valence-corrected chi connectivity index (χ1v) is 13.5. The second-order valence-electron chi connectivity index (χ2n) is 10.9. The Morgan fingerprint density at radius 1 is 0.848 bits per heavy atom. The van der Waals surface area contributed by atoms with Gasteiger partial charge in [-0.2, -0.15) is 0 Å². The van der Waals surface area contributed by atoms with E-state index < -0.39 is 11.6 Å². The van der Waals surface area contributed by atoms with E-state index in [-0.39, 0.29) is 0 Å². The van der Waals surface area contributed by atoms with Crippen molar-refractivity contribution in [2.75, 3.05) is 0 Å². The van der Waals surface area contributed by atoms with Crippen molar-refractivity contribution in [1.29, 1.82) is 0 Å². The molecular formula is C31H42F2. The monoisotopic (exact) mass is 452 g/mol. The highest BCUT2D eigenvalue weighted by Gasteiger charge is 2.33. The van der Waals surface area contributed by atoms with Gasteiger partial charge in [0.25, 0.3) is 0 Å². The standard InChI is InChI=1S/C31H42F2/c1-3-5-7-28-20-21-29(31(33)30(28)32)27-18-16-26(17-19-27)25-14-12-24(13-15-25)23-10-8-22(6-4-2)9-11-23/h3-4,6,18,20-26H,1,5,7-17,19H2,2H3. The van der Waals surface area contributed by atoms with Gasteiger partial charge in [0.1, 0.15) is 0 Å². The Balaban J connectivity index is 1.28. The molecule has 3 aliphatic rings. The number of hydrogen-bond donors (Lipinski definition) is 0. The minimum Gasteiger partial charge on any atom is -0.203 e. The number of hydrogen-bond acceptors (Lipinski definition) is 0. The van der Waals surface area contributed by atoms with Gasteiger partial charge in [-0.05, 0) is 131 Å². The van der Waals surface area contributed by atoms with Crippen molar-refractivity contribution in [3.8, 4) is 0 Å². The summed E-state index contributed by atoms with van der Waals surface area (Å²) in [6.45, 7) is 5.82. The van der Waals surface area contributed by atoms with Crippen molar-refractivity contribution in [3.63, 3.8) is 0 Å². The quantitative estimate of drug-likeness (QED) is 0.361. The average molecular weight is 453 g/mol. The van der Waals surface area contributed by atoms with Gasteiger partial charge in [0.05, 0.1) is 0 Å². The predicted octanol–water partition coefficient (Wildman–Crippen LogP) is 9.46. The molecule has 2 fully saturated rings. The molecule has 0 bridgehead atoms. The SMILES string of the molecule is C=CCCc1ccc(C2=CCC(C3CCC(C4CCC(C=CC)CC4)CC3)CC2)c(F)c1F. The molecule has 1 unspecified atom stereocenters. The summed E-state index contributed by atoms with van der Waals surface area (Å²) in [7, 11) is 0. The summed E-state index contributed by atoms with van der Waals surface area (Å²) in [4.78, 5) is 0. The molecule has 4 rings (SSSR count). The van der Waals surface area contributed by atoms with Gasteiger partial charge < -0.3 is 0 Å². The Hall–Kier alpha value is -1.70. The fourth-order valence-corrected chi connectivity index (χ4v) is 6.98. The summed E-state index contributed by atoms with van der Waals surface area (Å²) < 4.78 is 29.3. The van der Waals surface area contributed by atoms with Crippen LogP contribution in [0, 0.1) is 41.2 Å². The lowest BCUT2D eigenvalue weighted by molar-refractivity contribution is 0.128. The molecule has 0 spiro atoms. The van der Waals surface area contributed by atoms with Gasteiger partial charge in [-0.3, -0.25) is 0 Å². The Labute approximate surface area is 200 Å². The third-order valence-corrected chi connectivity index (χ3v) is 9.01. The number of benzene rings is 1. The minimum atomic E-state index is -0.671. The van der Waals surface area contributed by atoms with Crippen LogP contribution in [0.25, 0.3) is 5.57 Å². The summed E-state index contributed by atoms with van der Waals surface area (Å²) in [5.74, 6) is 2.94. The van der Waals surface area contributed by atoms with Gasteiger partial charge in [-0.15, -0.1) is 6.58 Å². The lowest BCUT2D eigenvalue weighted by Crippen LogP contribution is -2.28. The third kappa shape index (κ3) is 5.87. The smallest absolute Gasteiger partial charge is 0.166 e. The largest absolute Gasteiger partial charge is 0.203 e. The van der Waals surface area contributed by atoms with E-state index in [0.717, 1.165) is 54.4 Å². The van der Waals surface area contributed by atoms with Crippen LogP contribution in [0.4, 0.5) is 8.78 Å². The van der Waals surface area contributed by atoms with Crippen LogP contribution in [0.1, 0.15) is 95.1 Å². The number of rotatable bonds is 7. The van der Waals surface area contributed by atoms with E-state index in [2.05, 4.69) is 31.7 Å². The number of allylic oxidation sites excluding steroid dienone is 5. The van der Waals surface area contributed by atoms with E-state index >= 15 is 0 Å². The highest BCUT2D eigenvalue weighted by Crippen LogP contribution is 2.46. The first kappa shape index (κ1) is 24.4. The molecule has 0 N–H and O–H groups in total. The van der Waals surface area contributed by atoms with Crippen molar-refractivity contribution in [2.45, 2.75) is 90.4 Å². The summed E-state index contributed by atoms with van der Waals surface area (Å²) in [6, 6.07) is 3.55. The van der Waals surface area contributed by atoms with Crippen molar-refractivity contribution >= 4 is 5.57 Å². The second-order valence-corrected chi connectivity index (χ2v) is 10.9. The zero-order chi connectivity index (χ0) is 23.2. The topological polar surface area (TPSA) is 0 Å². The van der Waals surface area contributed by atoms with Crippen LogP contribution in [0.15, 0.2) is 43.0 Å². The normalized spacial score (nSPS) is 30.9. The molecule has 1 aromatic rings. The van der Waals surface area contributed by atoms with Crippen LogP contribution in [0.2, 0.25) is 0 Å². The van der Waals surface area contributed by atoms with E-state index in [1.807, 2.05) is 0 Å². The first-order chi connectivity index (χ1) is 16.1. The molecule has 0 radical (unpaired) electrons.